The molecule has 3 aliphatic rings. The van der Waals surface area contributed by atoms with Gasteiger partial charge in [-0.15, -0.1) is 12.4 Å². The lowest BCUT2D eigenvalue weighted by molar-refractivity contribution is 0.264. The van der Waals surface area contributed by atoms with Crippen LogP contribution in [0.3, 0.4) is 0 Å². The fourth-order valence-corrected chi connectivity index (χ4v) is 5.04. The quantitative estimate of drug-likeness (QED) is 0.789. The summed E-state index contributed by atoms with van der Waals surface area (Å²) in [6.45, 7) is 4.62. The number of nitrogens with zero attached hydrogens (tertiary/aromatic N) is 1. The molecule has 0 aromatic carbocycles. The van der Waals surface area contributed by atoms with Crippen LogP contribution in [0.4, 0.5) is 0 Å². The van der Waals surface area contributed by atoms with Gasteiger partial charge in [-0.1, -0.05) is 6.42 Å². The molecule has 1 aliphatic carbocycles. The summed E-state index contributed by atoms with van der Waals surface area (Å²) in [5.74, 6) is 1.06. The molecule has 0 amide bonds. The lowest BCUT2D eigenvalue weighted by Crippen LogP contribution is -2.49. The fraction of sp³-hybridized carbons (Fsp3) is 1.00. The molecule has 7 heteroatoms. The van der Waals surface area contributed by atoms with Crippen molar-refractivity contribution in [2.45, 2.75) is 38.3 Å². The molecule has 2 aliphatic heterocycles. The Balaban J connectivity index is 0.00000120. The van der Waals surface area contributed by atoms with Gasteiger partial charge in [0.1, 0.15) is 0 Å². The highest BCUT2D eigenvalue weighted by molar-refractivity contribution is 7.87. The minimum absolute atomic E-state index is 0. The number of hydrogen-bond donors (Lipinski definition) is 2. The van der Waals surface area contributed by atoms with Gasteiger partial charge in [-0.3, -0.25) is 0 Å². The second-order valence-electron chi connectivity index (χ2n) is 5.59. The highest BCUT2D eigenvalue weighted by Gasteiger charge is 2.55. The Morgan fingerprint density at radius 1 is 1.22 bits per heavy atom. The smallest absolute Gasteiger partial charge is 0.279 e. The van der Waals surface area contributed by atoms with Crippen LogP contribution < -0.4 is 10.0 Å². The number of piperidine rings is 2. The van der Waals surface area contributed by atoms with Crippen molar-refractivity contribution in [2.75, 3.05) is 19.6 Å². The molecule has 3 unspecified atom stereocenters. The van der Waals surface area contributed by atoms with Crippen molar-refractivity contribution in [1.82, 2.24) is 14.3 Å². The first-order valence-corrected chi connectivity index (χ1v) is 8.03. The molecular weight excluding hydrogens is 274 g/mol. The van der Waals surface area contributed by atoms with Crippen LogP contribution in [0, 0.1) is 11.8 Å². The van der Waals surface area contributed by atoms with Gasteiger partial charge in [0.2, 0.25) is 0 Å². The van der Waals surface area contributed by atoms with E-state index in [1.807, 2.05) is 6.92 Å². The number of nitrogens with one attached hydrogen (secondary N) is 2. The number of hydrogen-bond acceptors (Lipinski definition) is 3. The average molecular weight is 296 g/mol. The van der Waals surface area contributed by atoms with Gasteiger partial charge in [-0.25, -0.2) is 0 Å². The van der Waals surface area contributed by atoms with Crippen molar-refractivity contribution in [3.63, 3.8) is 0 Å². The zero-order chi connectivity index (χ0) is 12.0. The minimum atomic E-state index is -3.26. The largest absolute Gasteiger partial charge is 0.316 e. The first-order valence-electron chi connectivity index (χ1n) is 6.59. The van der Waals surface area contributed by atoms with Crippen LogP contribution in [-0.2, 0) is 10.2 Å². The molecule has 0 aromatic rings. The van der Waals surface area contributed by atoms with Crippen LogP contribution in [0.1, 0.15) is 26.2 Å². The van der Waals surface area contributed by atoms with E-state index in [2.05, 4.69) is 10.0 Å². The van der Waals surface area contributed by atoms with Gasteiger partial charge in [-0.05, 0) is 44.7 Å². The summed E-state index contributed by atoms with van der Waals surface area (Å²) in [5.41, 5.74) is 0. The maximum absolute atomic E-state index is 12.3. The van der Waals surface area contributed by atoms with E-state index in [4.69, 9.17) is 0 Å². The number of halogens is 1. The van der Waals surface area contributed by atoms with Crippen LogP contribution in [-0.4, -0.2) is 44.4 Å². The zero-order valence-electron chi connectivity index (χ0n) is 10.6. The van der Waals surface area contributed by atoms with Crippen LogP contribution in [0.2, 0.25) is 0 Å². The predicted octanol–water partition coefficient (Wildman–Crippen LogP) is 0.335. The van der Waals surface area contributed by atoms with Crippen molar-refractivity contribution in [3.8, 4) is 0 Å². The number of rotatable bonds is 3. The van der Waals surface area contributed by atoms with Crippen molar-refractivity contribution in [1.29, 1.82) is 0 Å². The first kappa shape index (κ1) is 14.5. The molecule has 0 aromatic heterocycles. The summed E-state index contributed by atoms with van der Waals surface area (Å²) in [6.07, 6.45) is 3.12. The Bertz CT molecular complexity index is 393. The lowest BCUT2D eigenvalue weighted by atomic mass is 10.1. The molecule has 1 saturated carbocycles. The van der Waals surface area contributed by atoms with Crippen LogP contribution in [0.15, 0.2) is 0 Å². The standard InChI is InChI=1S/C11H21N3O2S.ClH/c1-8-4-2-3-5-14(8)17(15,16)13-11-9-6-12-7-10(9)11;/h8-13H,2-7H2,1H3;1H. The molecule has 0 bridgehead atoms. The molecule has 2 saturated heterocycles. The third-order valence-corrected chi connectivity index (χ3v) is 6.16. The van der Waals surface area contributed by atoms with Gasteiger partial charge in [0, 0.05) is 18.6 Å². The third kappa shape index (κ3) is 2.54. The molecule has 2 heterocycles. The molecule has 0 spiro atoms. The lowest BCUT2D eigenvalue weighted by Gasteiger charge is -2.32. The molecule has 106 valence electrons. The van der Waals surface area contributed by atoms with Gasteiger partial charge in [0.25, 0.3) is 10.2 Å². The summed E-state index contributed by atoms with van der Waals surface area (Å²) in [6, 6.07) is 0.341. The molecule has 3 fully saturated rings. The summed E-state index contributed by atoms with van der Waals surface area (Å²) in [4.78, 5) is 0. The minimum Gasteiger partial charge on any atom is -0.316 e. The Hall–Kier alpha value is 0.120. The molecule has 2 N–H and O–H groups in total. The van der Waals surface area contributed by atoms with Crippen LogP contribution in [0.25, 0.3) is 0 Å². The summed E-state index contributed by atoms with van der Waals surface area (Å²) in [5, 5.41) is 3.28. The van der Waals surface area contributed by atoms with Crippen molar-refractivity contribution in [2.24, 2.45) is 11.8 Å². The summed E-state index contributed by atoms with van der Waals surface area (Å²) >= 11 is 0. The Morgan fingerprint density at radius 3 is 2.50 bits per heavy atom. The van der Waals surface area contributed by atoms with E-state index < -0.39 is 10.2 Å². The fourth-order valence-electron chi connectivity index (χ4n) is 3.26. The predicted molar refractivity (Wildman–Crippen MR) is 73.0 cm³/mol. The number of fused-ring (bicyclic) bond motifs is 1. The first-order chi connectivity index (χ1) is 8.09. The van der Waals surface area contributed by atoms with E-state index in [9.17, 15) is 8.42 Å². The highest BCUT2D eigenvalue weighted by atomic mass is 35.5. The zero-order valence-corrected chi connectivity index (χ0v) is 12.3. The monoisotopic (exact) mass is 295 g/mol. The van der Waals surface area contributed by atoms with E-state index in [-0.39, 0.29) is 24.5 Å². The summed E-state index contributed by atoms with van der Waals surface area (Å²) < 4.78 is 29.1. The van der Waals surface area contributed by atoms with Crippen molar-refractivity contribution >= 4 is 22.6 Å². The molecule has 0 radical (unpaired) electrons. The normalized spacial score (nSPS) is 40.1. The summed E-state index contributed by atoms with van der Waals surface area (Å²) in [7, 11) is -3.26. The van der Waals surface area contributed by atoms with E-state index in [0.717, 1.165) is 32.4 Å². The van der Waals surface area contributed by atoms with Crippen LogP contribution >= 0.6 is 12.4 Å². The van der Waals surface area contributed by atoms with E-state index >= 15 is 0 Å². The van der Waals surface area contributed by atoms with E-state index in [0.29, 0.717) is 18.4 Å². The van der Waals surface area contributed by atoms with Crippen molar-refractivity contribution in [3.05, 3.63) is 0 Å². The Kier molecular flexibility index (Phi) is 4.23. The van der Waals surface area contributed by atoms with E-state index in [1.165, 1.54) is 0 Å². The molecule has 5 nitrogen and oxygen atoms in total. The Labute approximate surface area is 115 Å². The van der Waals surface area contributed by atoms with Gasteiger partial charge in [0.15, 0.2) is 0 Å². The maximum atomic E-state index is 12.3. The Morgan fingerprint density at radius 2 is 1.89 bits per heavy atom. The van der Waals surface area contributed by atoms with Gasteiger partial charge in [0.05, 0.1) is 0 Å². The topological polar surface area (TPSA) is 61.4 Å². The second kappa shape index (κ2) is 5.25. The van der Waals surface area contributed by atoms with Gasteiger partial charge < -0.3 is 5.32 Å². The highest BCUT2D eigenvalue weighted by Crippen LogP contribution is 2.42. The van der Waals surface area contributed by atoms with Crippen LogP contribution in [0.5, 0.6) is 0 Å². The molecule has 3 atom stereocenters. The average Bonchev–Trinajstić information content (AvgIpc) is 2.75. The second-order valence-corrected chi connectivity index (χ2v) is 7.25. The third-order valence-electron chi connectivity index (χ3n) is 4.43. The molecular formula is C11H22ClN3O2S. The molecule has 18 heavy (non-hydrogen) atoms. The van der Waals surface area contributed by atoms with Gasteiger partial charge >= 0.3 is 0 Å². The van der Waals surface area contributed by atoms with Crippen molar-refractivity contribution < 1.29 is 8.42 Å². The van der Waals surface area contributed by atoms with Gasteiger partial charge in [-0.2, -0.15) is 17.4 Å². The SMILES string of the molecule is CC1CCCCN1S(=O)(=O)NC1C2CNCC21.Cl. The molecule has 3 rings (SSSR count). The maximum Gasteiger partial charge on any atom is 0.279 e. The van der Waals surface area contributed by atoms with E-state index in [1.54, 1.807) is 4.31 Å².